The number of pyridine rings is 1. The van der Waals surface area contributed by atoms with Crippen molar-refractivity contribution < 1.29 is 0 Å². The van der Waals surface area contributed by atoms with Crippen LogP contribution in [-0.4, -0.2) is 23.3 Å². The Bertz CT molecular complexity index is 3910. The molecule has 65 heavy (non-hydrogen) atoms. The van der Waals surface area contributed by atoms with E-state index >= 15 is 0 Å². The van der Waals surface area contributed by atoms with Crippen LogP contribution in [0.5, 0.6) is 0 Å². The van der Waals surface area contributed by atoms with Crippen LogP contribution in [0.25, 0.3) is 121 Å². The van der Waals surface area contributed by atoms with Crippen molar-refractivity contribution in [2.24, 2.45) is 0 Å². The third-order valence-corrected chi connectivity index (χ3v) is 13.7. The second kappa shape index (κ2) is 13.7. The lowest BCUT2D eigenvalue weighted by Gasteiger charge is -2.16. The molecular weight excluding hydrogens is 791 g/mol. The van der Waals surface area contributed by atoms with E-state index in [0.717, 1.165) is 61.6 Å². The highest BCUT2D eigenvalue weighted by molar-refractivity contribution is 6.14. The molecule has 14 rings (SSSR count). The minimum atomic E-state index is 0.972. The molecule has 0 saturated carbocycles. The molecule has 0 aliphatic rings. The summed E-state index contributed by atoms with van der Waals surface area (Å²) >= 11 is 0. The molecular formula is C60H39N5. The lowest BCUT2D eigenvalue weighted by atomic mass is 10.0. The molecule has 0 spiro atoms. The van der Waals surface area contributed by atoms with E-state index in [2.05, 4.69) is 231 Å². The van der Waals surface area contributed by atoms with Gasteiger partial charge in [-0.2, -0.15) is 0 Å². The van der Waals surface area contributed by atoms with E-state index in [9.17, 15) is 0 Å². The zero-order valence-electron chi connectivity index (χ0n) is 35.5. The SMILES string of the molecule is Cc1cccnc1-c1cc(-n2c3ccccc3c3cc(-n4c5ccccc5c5ccccc54)ccc32)cc(-n2c3ccccc3c3cc(-n4c5ccccc5c5ccccc54)ccc32)c1. The van der Waals surface area contributed by atoms with Crippen LogP contribution >= 0.6 is 0 Å². The van der Waals surface area contributed by atoms with Crippen LogP contribution in [0.2, 0.25) is 0 Å². The first-order valence-electron chi connectivity index (χ1n) is 22.3. The molecule has 5 heterocycles. The van der Waals surface area contributed by atoms with Crippen molar-refractivity contribution in [1.29, 1.82) is 0 Å². The molecule has 0 unspecified atom stereocenters. The highest BCUT2D eigenvalue weighted by Gasteiger charge is 2.21. The van der Waals surface area contributed by atoms with E-state index in [1.165, 1.54) is 65.2 Å². The Morgan fingerprint density at radius 1 is 0.277 bits per heavy atom. The number of nitrogens with zero attached hydrogens (tertiary/aromatic N) is 5. The lowest BCUT2D eigenvalue weighted by Crippen LogP contribution is -2.01. The van der Waals surface area contributed by atoms with Gasteiger partial charge in [0.1, 0.15) is 0 Å². The summed E-state index contributed by atoms with van der Waals surface area (Å²) in [7, 11) is 0. The maximum absolute atomic E-state index is 5.00. The maximum atomic E-state index is 5.00. The van der Waals surface area contributed by atoms with Crippen molar-refractivity contribution in [2.75, 3.05) is 0 Å². The smallest absolute Gasteiger partial charge is 0.0732 e. The zero-order valence-corrected chi connectivity index (χ0v) is 35.5. The predicted molar refractivity (Wildman–Crippen MR) is 272 cm³/mol. The van der Waals surface area contributed by atoms with E-state index in [1.807, 2.05) is 12.3 Å². The molecule has 0 aliphatic heterocycles. The van der Waals surface area contributed by atoms with Gasteiger partial charge in [0.25, 0.3) is 0 Å². The van der Waals surface area contributed by atoms with Gasteiger partial charge in [0.15, 0.2) is 0 Å². The highest BCUT2D eigenvalue weighted by atomic mass is 15.0. The maximum Gasteiger partial charge on any atom is 0.0732 e. The van der Waals surface area contributed by atoms with Gasteiger partial charge >= 0.3 is 0 Å². The molecule has 5 aromatic heterocycles. The minimum Gasteiger partial charge on any atom is -0.309 e. The van der Waals surface area contributed by atoms with Gasteiger partial charge in [-0.3, -0.25) is 4.98 Å². The molecule has 5 nitrogen and oxygen atoms in total. The monoisotopic (exact) mass is 829 g/mol. The molecule has 5 heteroatoms. The number of hydrogen-bond acceptors (Lipinski definition) is 1. The Morgan fingerprint density at radius 3 is 0.969 bits per heavy atom. The Hall–Kier alpha value is -8.67. The molecule has 0 radical (unpaired) electrons. The first-order chi connectivity index (χ1) is 32.2. The fourth-order valence-electron chi connectivity index (χ4n) is 10.9. The molecule has 0 N–H and O–H groups in total. The molecule has 304 valence electrons. The van der Waals surface area contributed by atoms with Crippen LogP contribution in [0.1, 0.15) is 5.56 Å². The summed E-state index contributed by atoms with van der Waals surface area (Å²) in [5, 5.41) is 9.85. The van der Waals surface area contributed by atoms with Gasteiger partial charge in [-0.15, -0.1) is 0 Å². The molecule has 0 saturated heterocycles. The van der Waals surface area contributed by atoms with Crippen molar-refractivity contribution in [3.8, 4) is 34.0 Å². The van der Waals surface area contributed by atoms with Gasteiger partial charge < -0.3 is 18.3 Å². The number of aromatic nitrogens is 5. The summed E-state index contributed by atoms with van der Waals surface area (Å²) in [5.74, 6) is 0. The Labute approximate surface area is 373 Å². The molecule has 0 aliphatic carbocycles. The summed E-state index contributed by atoms with van der Waals surface area (Å²) in [4.78, 5) is 5.00. The van der Waals surface area contributed by atoms with Crippen molar-refractivity contribution in [3.05, 3.63) is 224 Å². The Balaban J connectivity index is 1.02. The van der Waals surface area contributed by atoms with E-state index in [0.29, 0.717) is 0 Å². The van der Waals surface area contributed by atoms with Gasteiger partial charge in [0, 0.05) is 77.6 Å². The fourth-order valence-corrected chi connectivity index (χ4v) is 10.9. The fraction of sp³-hybridized carbons (Fsp3) is 0.0167. The van der Waals surface area contributed by atoms with Crippen molar-refractivity contribution in [3.63, 3.8) is 0 Å². The Kier molecular flexibility index (Phi) is 7.54. The first kappa shape index (κ1) is 35.9. The van der Waals surface area contributed by atoms with Gasteiger partial charge in [0.2, 0.25) is 0 Å². The number of fused-ring (bicyclic) bond motifs is 12. The quantitative estimate of drug-likeness (QED) is 0.170. The van der Waals surface area contributed by atoms with Gasteiger partial charge in [-0.25, -0.2) is 0 Å². The average Bonchev–Trinajstić information content (AvgIpc) is 4.09. The summed E-state index contributed by atoms with van der Waals surface area (Å²) in [6.45, 7) is 2.15. The zero-order chi connectivity index (χ0) is 42.8. The normalized spacial score (nSPS) is 12.1. The molecule has 0 amide bonds. The Morgan fingerprint density at radius 2 is 0.600 bits per heavy atom. The predicted octanol–water partition coefficient (Wildman–Crippen LogP) is 15.4. The topological polar surface area (TPSA) is 32.6 Å². The van der Waals surface area contributed by atoms with Crippen LogP contribution in [0.4, 0.5) is 0 Å². The number of benzene rings is 9. The molecule has 0 atom stereocenters. The van der Waals surface area contributed by atoms with E-state index in [1.54, 1.807) is 0 Å². The third kappa shape index (κ3) is 5.18. The first-order valence-corrected chi connectivity index (χ1v) is 22.3. The summed E-state index contributed by atoms with van der Waals surface area (Å²) in [6.07, 6.45) is 1.90. The van der Waals surface area contributed by atoms with Crippen LogP contribution in [0.15, 0.2) is 219 Å². The summed E-state index contributed by atoms with van der Waals surface area (Å²) < 4.78 is 9.71. The second-order valence-electron chi connectivity index (χ2n) is 17.3. The molecule has 9 aromatic carbocycles. The lowest BCUT2D eigenvalue weighted by molar-refractivity contribution is 1.13. The van der Waals surface area contributed by atoms with Gasteiger partial charge in [-0.1, -0.05) is 115 Å². The summed E-state index contributed by atoms with van der Waals surface area (Å²) in [5.41, 5.74) is 17.0. The second-order valence-corrected chi connectivity index (χ2v) is 17.3. The largest absolute Gasteiger partial charge is 0.309 e. The molecule has 0 bridgehead atoms. The number of aryl methyl sites for hydroxylation is 1. The van der Waals surface area contributed by atoms with E-state index in [4.69, 9.17) is 4.98 Å². The number of hydrogen-bond donors (Lipinski definition) is 0. The van der Waals surface area contributed by atoms with Gasteiger partial charge in [0.05, 0.1) is 49.8 Å². The van der Waals surface area contributed by atoms with Gasteiger partial charge in [-0.05, 0) is 110 Å². The highest BCUT2D eigenvalue weighted by Crippen LogP contribution is 2.41. The van der Waals surface area contributed by atoms with E-state index in [-0.39, 0.29) is 0 Å². The van der Waals surface area contributed by atoms with Crippen molar-refractivity contribution in [2.45, 2.75) is 6.92 Å². The average molecular weight is 830 g/mol. The standard InChI is InChI=1S/C60H39N5/c1-38-15-14-32-61-60(38)39-33-42(64-56-26-12-6-20-48(56)50-36-40(28-30-58(50)64)62-52-22-8-2-16-44(52)45-17-3-9-23-53(45)62)35-43(34-39)65-57-27-13-7-21-49(57)51-37-41(29-31-59(51)65)63-54-24-10-4-18-46(54)47-19-5-11-25-55(47)63/h2-37H,1H3. The van der Waals surface area contributed by atoms with Crippen molar-refractivity contribution in [1.82, 2.24) is 23.3 Å². The molecule has 0 fully saturated rings. The molecule has 14 aromatic rings. The van der Waals surface area contributed by atoms with Crippen LogP contribution in [0, 0.1) is 6.92 Å². The van der Waals surface area contributed by atoms with Crippen LogP contribution in [0.3, 0.4) is 0 Å². The minimum absolute atomic E-state index is 0.972. The third-order valence-electron chi connectivity index (χ3n) is 13.7. The summed E-state index contributed by atoms with van der Waals surface area (Å²) in [6, 6.07) is 77.7. The van der Waals surface area contributed by atoms with E-state index < -0.39 is 0 Å². The van der Waals surface area contributed by atoms with Crippen LogP contribution < -0.4 is 0 Å². The number of para-hydroxylation sites is 6. The van der Waals surface area contributed by atoms with Crippen LogP contribution in [-0.2, 0) is 0 Å². The van der Waals surface area contributed by atoms with Crippen molar-refractivity contribution >= 4 is 87.2 Å². The number of rotatable bonds is 5.